The Morgan fingerprint density at radius 3 is 3.21 bits per heavy atom. The number of hydrogen-bond donors (Lipinski definition) is 0. The number of halogens is 1. The number of aromatic nitrogens is 1. The van der Waals surface area contributed by atoms with Gasteiger partial charge in [-0.1, -0.05) is 5.16 Å². The third-order valence-corrected chi connectivity index (χ3v) is 2.61. The van der Waals surface area contributed by atoms with E-state index in [4.69, 9.17) is 9.26 Å². The Morgan fingerprint density at radius 1 is 1.71 bits per heavy atom. The Hall–Kier alpha value is -0.390. The monoisotopic (exact) mass is 260 g/mol. The van der Waals surface area contributed by atoms with Crippen LogP contribution in [0.15, 0.2) is 15.2 Å². The fourth-order valence-electron chi connectivity index (χ4n) is 1.62. The van der Waals surface area contributed by atoms with Gasteiger partial charge in [-0.3, -0.25) is 4.90 Å². The van der Waals surface area contributed by atoms with Gasteiger partial charge >= 0.3 is 0 Å². The van der Waals surface area contributed by atoms with Gasteiger partial charge in [0.1, 0.15) is 4.60 Å². The van der Waals surface area contributed by atoms with Crippen LogP contribution in [0.5, 0.6) is 0 Å². The average molecular weight is 261 g/mol. The van der Waals surface area contributed by atoms with Gasteiger partial charge < -0.3 is 9.26 Å². The summed E-state index contributed by atoms with van der Waals surface area (Å²) < 4.78 is 11.3. The first-order valence-electron chi connectivity index (χ1n) is 4.69. The van der Waals surface area contributed by atoms with Gasteiger partial charge in [0, 0.05) is 19.2 Å². The zero-order valence-corrected chi connectivity index (χ0v) is 9.66. The van der Waals surface area contributed by atoms with E-state index in [0.29, 0.717) is 6.10 Å². The topological polar surface area (TPSA) is 38.5 Å². The third-order valence-electron chi connectivity index (χ3n) is 2.23. The van der Waals surface area contributed by atoms with E-state index in [1.165, 1.54) is 0 Å². The van der Waals surface area contributed by atoms with Crippen molar-refractivity contribution in [3.63, 3.8) is 0 Å². The molecule has 0 amide bonds. The Bertz CT molecular complexity index is 303. The minimum atomic E-state index is 0.315. The molecule has 1 fully saturated rings. The molecule has 1 saturated heterocycles. The Morgan fingerprint density at radius 2 is 2.57 bits per heavy atom. The Labute approximate surface area is 91.3 Å². The molecular formula is C9H13BrN2O2. The van der Waals surface area contributed by atoms with Crippen molar-refractivity contribution in [2.75, 3.05) is 19.7 Å². The summed E-state index contributed by atoms with van der Waals surface area (Å²) in [5.74, 6) is 0.894. The summed E-state index contributed by atoms with van der Waals surface area (Å²) in [5.41, 5.74) is 0. The fourth-order valence-corrected chi connectivity index (χ4v) is 1.94. The Kier molecular flexibility index (Phi) is 3.20. The molecule has 0 spiro atoms. The standard InChI is InChI=1S/C9H13BrN2O2/c1-7-5-12(2-3-13-7)6-8-4-9(10)11-14-8/h4,7H,2-3,5-6H2,1H3. The van der Waals surface area contributed by atoms with E-state index in [9.17, 15) is 0 Å². The highest BCUT2D eigenvalue weighted by Gasteiger charge is 2.17. The summed E-state index contributed by atoms with van der Waals surface area (Å²) >= 11 is 3.26. The van der Waals surface area contributed by atoms with Crippen LogP contribution in [-0.2, 0) is 11.3 Å². The molecule has 4 nitrogen and oxygen atoms in total. The van der Waals surface area contributed by atoms with Gasteiger partial charge in [-0.2, -0.15) is 0 Å². The molecule has 78 valence electrons. The second-order valence-electron chi connectivity index (χ2n) is 3.53. The summed E-state index contributed by atoms with van der Waals surface area (Å²) in [6.45, 7) is 5.62. The molecule has 1 aliphatic heterocycles. The SMILES string of the molecule is CC1CN(Cc2cc(Br)no2)CCO1. The van der Waals surface area contributed by atoms with Crippen molar-refractivity contribution in [3.8, 4) is 0 Å². The number of hydrogen-bond acceptors (Lipinski definition) is 4. The lowest BCUT2D eigenvalue weighted by Gasteiger charge is -2.30. The largest absolute Gasteiger partial charge is 0.376 e. The minimum Gasteiger partial charge on any atom is -0.376 e. The van der Waals surface area contributed by atoms with E-state index in [-0.39, 0.29) is 0 Å². The number of ether oxygens (including phenoxy) is 1. The summed E-state index contributed by atoms with van der Waals surface area (Å²) in [4.78, 5) is 2.31. The molecule has 0 saturated carbocycles. The highest BCUT2D eigenvalue weighted by Crippen LogP contribution is 2.14. The molecule has 0 aromatic carbocycles. The summed E-state index contributed by atoms with van der Waals surface area (Å²) in [6, 6.07) is 1.90. The highest BCUT2D eigenvalue weighted by atomic mass is 79.9. The van der Waals surface area contributed by atoms with Gasteiger partial charge in [-0.25, -0.2) is 0 Å². The quantitative estimate of drug-likeness (QED) is 0.811. The van der Waals surface area contributed by atoms with Crippen molar-refractivity contribution in [3.05, 3.63) is 16.4 Å². The van der Waals surface area contributed by atoms with Crippen molar-refractivity contribution >= 4 is 15.9 Å². The molecular weight excluding hydrogens is 248 g/mol. The van der Waals surface area contributed by atoms with Crippen molar-refractivity contribution in [1.29, 1.82) is 0 Å². The maximum absolute atomic E-state index is 5.45. The van der Waals surface area contributed by atoms with Gasteiger partial charge in [-0.15, -0.1) is 0 Å². The summed E-state index contributed by atoms with van der Waals surface area (Å²) in [5, 5.41) is 3.78. The summed E-state index contributed by atoms with van der Waals surface area (Å²) in [6.07, 6.45) is 0.315. The van der Waals surface area contributed by atoms with Crippen LogP contribution < -0.4 is 0 Å². The number of morpholine rings is 1. The molecule has 1 atom stereocenters. The molecule has 5 heteroatoms. The molecule has 1 aromatic heterocycles. The van der Waals surface area contributed by atoms with Crippen LogP contribution in [0.2, 0.25) is 0 Å². The zero-order valence-electron chi connectivity index (χ0n) is 8.07. The van der Waals surface area contributed by atoms with Crippen LogP contribution in [0.25, 0.3) is 0 Å². The van der Waals surface area contributed by atoms with E-state index >= 15 is 0 Å². The molecule has 14 heavy (non-hydrogen) atoms. The lowest BCUT2D eigenvalue weighted by atomic mass is 10.3. The molecule has 2 heterocycles. The van der Waals surface area contributed by atoms with Gasteiger partial charge in [0.2, 0.25) is 0 Å². The van der Waals surface area contributed by atoms with E-state index < -0.39 is 0 Å². The average Bonchev–Trinajstić information content (AvgIpc) is 2.51. The van der Waals surface area contributed by atoms with Gasteiger partial charge in [0.25, 0.3) is 0 Å². The number of nitrogens with zero attached hydrogens (tertiary/aromatic N) is 2. The third kappa shape index (κ3) is 2.56. The second kappa shape index (κ2) is 4.42. The first-order chi connectivity index (χ1) is 6.74. The first kappa shape index (κ1) is 10.1. The van der Waals surface area contributed by atoms with Crippen LogP contribution >= 0.6 is 15.9 Å². The minimum absolute atomic E-state index is 0.315. The molecule has 0 radical (unpaired) electrons. The lowest BCUT2D eigenvalue weighted by molar-refractivity contribution is -0.0235. The maximum Gasteiger partial charge on any atom is 0.151 e. The van der Waals surface area contributed by atoms with Crippen molar-refractivity contribution in [1.82, 2.24) is 10.1 Å². The molecule has 1 aromatic rings. The maximum atomic E-state index is 5.45. The Balaban J connectivity index is 1.90. The molecule has 1 aliphatic rings. The second-order valence-corrected chi connectivity index (χ2v) is 4.34. The summed E-state index contributed by atoms with van der Waals surface area (Å²) in [7, 11) is 0. The van der Waals surface area contributed by atoms with Crippen LogP contribution in [0.1, 0.15) is 12.7 Å². The van der Waals surface area contributed by atoms with E-state index in [1.54, 1.807) is 0 Å². The van der Waals surface area contributed by atoms with E-state index in [2.05, 4.69) is 32.9 Å². The fraction of sp³-hybridized carbons (Fsp3) is 0.667. The molecule has 0 bridgehead atoms. The highest BCUT2D eigenvalue weighted by molar-refractivity contribution is 9.10. The predicted octanol–water partition coefficient (Wildman–Crippen LogP) is 1.66. The zero-order chi connectivity index (χ0) is 9.97. The van der Waals surface area contributed by atoms with Crippen molar-refractivity contribution in [2.24, 2.45) is 0 Å². The van der Waals surface area contributed by atoms with Crippen LogP contribution in [-0.4, -0.2) is 35.9 Å². The van der Waals surface area contributed by atoms with Gasteiger partial charge in [0.15, 0.2) is 5.76 Å². The van der Waals surface area contributed by atoms with E-state index in [1.807, 2.05) is 6.07 Å². The molecule has 2 rings (SSSR count). The van der Waals surface area contributed by atoms with Gasteiger partial charge in [0.05, 0.1) is 19.3 Å². The molecule has 1 unspecified atom stereocenters. The smallest absolute Gasteiger partial charge is 0.151 e. The van der Waals surface area contributed by atoms with Crippen LogP contribution in [0.3, 0.4) is 0 Å². The normalized spacial score (nSPS) is 24.0. The van der Waals surface area contributed by atoms with E-state index in [0.717, 1.165) is 36.6 Å². The predicted molar refractivity (Wildman–Crippen MR) is 54.9 cm³/mol. The van der Waals surface area contributed by atoms with Gasteiger partial charge in [-0.05, 0) is 22.9 Å². The first-order valence-corrected chi connectivity index (χ1v) is 5.48. The van der Waals surface area contributed by atoms with Crippen molar-refractivity contribution in [2.45, 2.75) is 19.6 Å². The molecule has 0 N–H and O–H groups in total. The van der Waals surface area contributed by atoms with Crippen LogP contribution in [0, 0.1) is 0 Å². The molecule has 0 aliphatic carbocycles. The van der Waals surface area contributed by atoms with Crippen LogP contribution in [0.4, 0.5) is 0 Å². The number of rotatable bonds is 2. The lowest BCUT2D eigenvalue weighted by Crippen LogP contribution is -2.40. The van der Waals surface area contributed by atoms with Crippen molar-refractivity contribution < 1.29 is 9.26 Å².